The van der Waals surface area contributed by atoms with Gasteiger partial charge in [-0.2, -0.15) is 0 Å². The highest BCUT2D eigenvalue weighted by atomic mass is 16.4. The molecule has 4 heteroatoms. The van der Waals surface area contributed by atoms with Gasteiger partial charge in [0.25, 0.3) is 0 Å². The van der Waals surface area contributed by atoms with Crippen LogP contribution in [0.5, 0.6) is 0 Å². The van der Waals surface area contributed by atoms with Gasteiger partial charge in [0.15, 0.2) is 0 Å². The molecule has 0 bridgehead atoms. The van der Waals surface area contributed by atoms with Gasteiger partial charge in [-0.05, 0) is 13.0 Å². The van der Waals surface area contributed by atoms with Gasteiger partial charge in [0.1, 0.15) is 0 Å². The number of hydrogen-bond acceptors (Lipinski definition) is 3. The van der Waals surface area contributed by atoms with E-state index in [-0.39, 0.29) is 6.42 Å². The van der Waals surface area contributed by atoms with Crippen LogP contribution in [0.4, 0.5) is 0 Å². The van der Waals surface area contributed by atoms with Gasteiger partial charge in [-0.1, -0.05) is 19.8 Å². The van der Waals surface area contributed by atoms with Crippen molar-refractivity contribution in [2.45, 2.75) is 32.6 Å². The molecule has 0 atom stereocenters. The van der Waals surface area contributed by atoms with Crippen molar-refractivity contribution in [2.24, 2.45) is 0 Å². The van der Waals surface area contributed by atoms with E-state index in [0.29, 0.717) is 6.54 Å². The van der Waals surface area contributed by atoms with Gasteiger partial charge in [0.05, 0.1) is 6.42 Å². The van der Waals surface area contributed by atoms with Gasteiger partial charge in [0.2, 0.25) is 0 Å². The van der Waals surface area contributed by atoms with Crippen molar-refractivity contribution < 1.29 is 9.90 Å². The number of unbranched alkanes of at least 4 members (excludes halogenated alkanes) is 2. The Balaban J connectivity index is 2.06. The summed E-state index contributed by atoms with van der Waals surface area (Å²) in [5.41, 5.74) is 0. The van der Waals surface area contributed by atoms with Gasteiger partial charge in [-0.3, -0.25) is 4.79 Å². The van der Waals surface area contributed by atoms with E-state index < -0.39 is 5.97 Å². The molecule has 0 saturated carbocycles. The molecule has 4 nitrogen and oxygen atoms in total. The van der Waals surface area contributed by atoms with Crippen molar-refractivity contribution in [3.8, 4) is 0 Å². The third kappa shape index (κ3) is 5.47. The van der Waals surface area contributed by atoms with Crippen LogP contribution in [0.1, 0.15) is 32.6 Å². The summed E-state index contributed by atoms with van der Waals surface area (Å²) in [6.07, 6.45) is 4.17. The third-order valence-electron chi connectivity index (χ3n) is 3.18. The second kappa shape index (κ2) is 7.63. The summed E-state index contributed by atoms with van der Waals surface area (Å²) in [4.78, 5) is 15.2. The number of carboxylic acid groups (broad SMARTS) is 1. The zero-order valence-corrected chi connectivity index (χ0v) is 10.3. The van der Waals surface area contributed by atoms with E-state index in [1.54, 1.807) is 0 Å². The Hall–Kier alpha value is -0.610. The summed E-state index contributed by atoms with van der Waals surface area (Å²) in [5.74, 6) is -0.689. The molecule has 0 spiro atoms. The molecule has 1 aliphatic rings. The first-order valence-electron chi connectivity index (χ1n) is 6.39. The predicted octanol–water partition coefficient (Wildman–Crippen LogP) is 1.27. The molecule has 1 saturated heterocycles. The van der Waals surface area contributed by atoms with Crippen molar-refractivity contribution in [2.75, 3.05) is 39.3 Å². The first-order chi connectivity index (χ1) is 7.72. The molecule has 0 aliphatic carbocycles. The van der Waals surface area contributed by atoms with Crippen molar-refractivity contribution in [1.82, 2.24) is 9.80 Å². The molecule has 0 unspecified atom stereocenters. The Bertz CT molecular complexity index is 201. The predicted molar refractivity (Wildman–Crippen MR) is 64.7 cm³/mol. The number of hydrogen-bond donors (Lipinski definition) is 1. The molecule has 0 aromatic rings. The summed E-state index contributed by atoms with van der Waals surface area (Å²) in [6, 6.07) is 0. The number of rotatable bonds is 7. The Morgan fingerprint density at radius 1 is 1.06 bits per heavy atom. The van der Waals surface area contributed by atoms with Crippen LogP contribution in [0.15, 0.2) is 0 Å². The smallest absolute Gasteiger partial charge is 0.304 e. The number of nitrogens with zero attached hydrogens (tertiary/aromatic N) is 2. The van der Waals surface area contributed by atoms with E-state index >= 15 is 0 Å². The molecule has 16 heavy (non-hydrogen) atoms. The minimum atomic E-state index is -0.689. The van der Waals surface area contributed by atoms with E-state index in [1.807, 2.05) is 0 Å². The Kier molecular flexibility index (Phi) is 6.42. The van der Waals surface area contributed by atoms with Crippen LogP contribution in [0, 0.1) is 0 Å². The quantitative estimate of drug-likeness (QED) is 0.666. The molecule has 0 amide bonds. The first-order valence-corrected chi connectivity index (χ1v) is 6.39. The molecule has 0 aromatic carbocycles. The first kappa shape index (κ1) is 13.5. The van der Waals surface area contributed by atoms with Crippen LogP contribution in [0.2, 0.25) is 0 Å². The lowest BCUT2D eigenvalue weighted by Crippen LogP contribution is -2.47. The molecule has 1 fully saturated rings. The highest BCUT2D eigenvalue weighted by Crippen LogP contribution is 2.05. The van der Waals surface area contributed by atoms with Crippen LogP contribution in [0.25, 0.3) is 0 Å². The molecule has 1 rings (SSSR count). The third-order valence-corrected chi connectivity index (χ3v) is 3.18. The van der Waals surface area contributed by atoms with E-state index in [4.69, 9.17) is 5.11 Å². The SMILES string of the molecule is CCCCCN1CCN(CCC(=O)O)CC1. The van der Waals surface area contributed by atoms with Crippen molar-refractivity contribution in [3.05, 3.63) is 0 Å². The number of carboxylic acids is 1. The Morgan fingerprint density at radius 2 is 1.62 bits per heavy atom. The molecule has 1 heterocycles. The van der Waals surface area contributed by atoms with Gasteiger partial charge in [-0.15, -0.1) is 0 Å². The highest BCUT2D eigenvalue weighted by Gasteiger charge is 2.16. The van der Waals surface area contributed by atoms with Crippen molar-refractivity contribution in [1.29, 1.82) is 0 Å². The zero-order valence-electron chi connectivity index (χ0n) is 10.3. The number of aliphatic carboxylic acids is 1. The lowest BCUT2D eigenvalue weighted by atomic mass is 10.2. The fraction of sp³-hybridized carbons (Fsp3) is 0.917. The van der Waals surface area contributed by atoms with Crippen LogP contribution >= 0.6 is 0 Å². The maximum Gasteiger partial charge on any atom is 0.304 e. The Labute approximate surface area is 98.2 Å². The summed E-state index contributed by atoms with van der Waals surface area (Å²) in [5, 5.41) is 8.60. The molecule has 1 aliphatic heterocycles. The van der Waals surface area contributed by atoms with Crippen LogP contribution in [-0.4, -0.2) is 60.1 Å². The number of piperazine rings is 1. The maximum atomic E-state index is 10.4. The average Bonchev–Trinajstić information content (AvgIpc) is 2.28. The van der Waals surface area contributed by atoms with Gasteiger partial charge in [-0.25, -0.2) is 0 Å². The van der Waals surface area contributed by atoms with E-state index in [0.717, 1.165) is 26.2 Å². The minimum absolute atomic E-state index is 0.274. The van der Waals surface area contributed by atoms with E-state index in [1.165, 1.54) is 25.8 Å². The minimum Gasteiger partial charge on any atom is -0.481 e. The molecule has 1 N–H and O–H groups in total. The van der Waals surface area contributed by atoms with Gasteiger partial charge >= 0.3 is 5.97 Å². The molecule has 0 aromatic heterocycles. The number of carbonyl (C=O) groups is 1. The Morgan fingerprint density at radius 3 is 2.12 bits per heavy atom. The summed E-state index contributed by atoms with van der Waals surface area (Å²) in [6.45, 7) is 8.40. The fourth-order valence-corrected chi connectivity index (χ4v) is 2.08. The van der Waals surface area contributed by atoms with Crippen LogP contribution in [-0.2, 0) is 4.79 Å². The average molecular weight is 228 g/mol. The molecule has 94 valence electrons. The molecular weight excluding hydrogens is 204 g/mol. The summed E-state index contributed by atoms with van der Waals surface area (Å²) < 4.78 is 0. The summed E-state index contributed by atoms with van der Waals surface area (Å²) in [7, 11) is 0. The zero-order chi connectivity index (χ0) is 11.8. The second-order valence-corrected chi connectivity index (χ2v) is 4.53. The maximum absolute atomic E-state index is 10.4. The van der Waals surface area contributed by atoms with E-state index in [9.17, 15) is 4.79 Å². The lowest BCUT2D eigenvalue weighted by molar-refractivity contribution is -0.137. The lowest BCUT2D eigenvalue weighted by Gasteiger charge is -2.34. The van der Waals surface area contributed by atoms with E-state index in [2.05, 4.69) is 16.7 Å². The van der Waals surface area contributed by atoms with Crippen LogP contribution < -0.4 is 0 Å². The summed E-state index contributed by atoms with van der Waals surface area (Å²) >= 11 is 0. The monoisotopic (exact) mass is 228 g/mol. The topological polar surface area (TPSA) is 43.8 Å². The standard InChI is InChI=1S/C12H24N2O2/c1-2-3-4-6-13-8-10-14(11-9-13)7-5-12(15)16/h2-11H2,1H3,(H,15,16). The van der Waals surface area contributed by atoms with Crippen molar-refractivity contribution >= 4 is 5.97 Å². The van der Waals surface area contributed by atoms with Crippen LogP contribution in [0.3, 0.4) is 0 Å². The fourth-order valence-electron chi connectivity index (χ4n) is 2.08. The largest absolute Gasteiger partial charge is 0.481 e. The second-order valence-electron chi connectivity index (χ2n) is 4.53. The highest BCUT2D eigenvalue weighted by molar-refractivity contribution is 5.66. The van der Waals surface area contributed by atoms with Gasteiger partial charge < -0.3 is 14.9 Å². The normalized spacial score (nSPS) is 18.8. The van der Waals surface area contributed by atoms with Gasteiger partial charge in [0, 0.05) is 32.7 Å². The molecular formula is C12H24N2O2. The molecule has 0 radical (unpaired) electrons. The van der Waals surface area contributed by atoms with Crippen molar-refractivity contribution in [3.63, 3.8) is 0 Å².